The first-order chi connectivity index (χ1) is 11.4. The number of hydrogen-bond donors (Lipinski definition) is 1. The molecule has 0 aromatic heterocycles. The number of ether oxygens (including phenoxy) is 2. The van der Waals surface area contributed by atoms with Crippen molar-refractivity contribution in [2.75, 3.05) is 19.0 Å². The molecule has 24 heavy (non-hydrogen) atoms. The molecule has 1 N–H and O–H groups in total. The van der Waals surface area contributed by atoms with Crippen molar-refractivity contribution in [2.45, 2.75) is 20.8 Å². The predicted octanol–water partition coefficient (Wildman–Crippen LogP) is 3.45. The molecule has 0 aliphatic heterocycles. The van der Waals surface area contributed by atoms with Crippen molar-refractivity contribution in [1.82, 2.24) is 0 Å². The van der Waals surface area contributed by atoms with Crippen molar-refractivity contribution >= 4 is 17.9 Å². The maximum absolute atomic E-state index is 12.2. The van der Waals surface area contributed by atoms with Gasteiger partial charge in [-0.05, 0) is 50.1 Å². The Hall–Kier alpha value is -2.82. The third-order valence-electron chi connectivity index (χ3n) is 3.62. The molecular formula is C19H21NO4. The zero-order chi connectivity index (χ0) is 17.7. The summed E-state index contributed by atoms with van der Waals surface area (Å²) in [5.41, 5.74) is 4.40. The van der Waals surface area contributed by atoms with Gasteiger partial charge in [0.15, 0.2) is 18.1 Å². The molecule has 0 saturated heterocycles. The number of aryl methyl sites for hydroxylation is 3. The summed E-state index contributed by atoms with van der Waals surface area (Å²) in [4.78, 5) is 23.0. The van der Waals surface area contributed by atoms with Gasteiger partial charge in [-0.3, -0.25) is 9.59 Å². The molecule has 0 saturated carbocycles. The highest BCUT2D eigenvalue weighted by Crippen LogP contribution is 2.27. The standard InChI is InChI=1S/C19H21NO4/c1-12-7-13(2)19(14(3)8-12)20-18(22)11-24-17-9-15(10-21)5-6-16(17)23-4/h5-10H,11H2,1-4H3,(H,20,22). The Morgan fingerprint density at radius 2 is 1.75 bits per heavy atom. The van der Waals surface area contributed by atoms with E-state index in [0.29, 0.717) is 23.3 Å². The molecule has 0 unspecified atom stereocenters. The molecule has 0 atom stereocenters. The minimum atomic E-state index is -0.274. The summed E-state index contributed by atoms with van der Waals surface area (Å²) in [5.74, 6) is 0.550. The lowest BCUT2D eigenvalue weighted by Crippen LogP contribution is -2.21. The number of benzene rings is 2. The summed E-state index contributed by atoms with van der Waals surface area (Å²) in [6.07, 6.45) is 0.714. The van der Waals surface area contributed by atoms with Gasteiger partial charge in [0.25, 0.3) is 5.91 Å². The molecule has 2 aromatic carbocycles. The average Bonchev–Trinajstić information content (AvgIpc) is 2.55. The van der Waals surface area contributed by atoms with E-state index in [2.05, 4.69) is 5.32 Å². The van der Waals surface area contributed by atoms with Gasteiger partial charge < -0.3 is 14.8 Å². The van der Waals surface area contributed by atoms with Crippen LogP contribution in [0.5, 0.6) is 11.5 Å². The number of nitrogens with one attached hydrogen (secondary N) is 1. The van der Waals surface area contributed by atoms with Crippen molar-refractivity contribution < 1.29 is 19.1 Å². The smallest absolute Gasteiger partial charge is 0.262 e. The van der Waals surface area contributed by atoms with Crippen LogP contribution in [0, 0.1) is 20.8 Å². The summed E-state index contributed by atoms with van der Waals surface area (Å²) in [5, 5.41) is 2.87. The molecule has 5 heteroatoms. The van der Waals surface area contributed by atoms with E-state index in [0.717, 1.165) is 22.4 Å². The fraction of sp³-hybridized carbons (Fsp3) is 0.263. The van der Waals surface area contributed by atoms with Crippen LogP contribution in [0.2, 0.25) is 0 Å². The number of hydrogen-bond acceptors (Lipinski definition) is 4. The summed E-state index contributed by atoms with van der Waals surface area (Å²) in [6, 6.07) is 8.82. The van der Waals surface area contributed by atoms with E-state index in [1.54, 1.807) is 18.2 Å². The van der Waals surface area contributed by atoms with E-state index >= 15 is 0 Å². The maximum atomic E-state index is 12.2. The number of carbonyl (C=O) groups excluding carboxylic acids is 2. The molecular weight excluding hydrogens is 306 g/mol. The molecule has 1 amide bonds. The molecule has 0 aliphatic carbocycles. The fourth-order valence-electron chi connectivity index (χ4n) is 2.58. The van der Waals surface area contributed by atoms with E-state index < -0.39 is 0 Å². The van der Waals surface area contributed by atoms with Gasteiger partial charge in [0, 0.05) is 11.3 Å². The van der Waals surface area contributed by atoms with Crippen LogP contribution in [0.4, 0.5) is 5.69 Å². The molecule has 2 aromatic rings. The number of rotatable bonds is 6. The summed E-state index contributed by atoms with van der Waals surface area (Å²) in [6.45, 7) is 5.74. The second kappa shape index (κ2) is 7.64. The van der Waals surface area contributed by atoms with Gasteiger partial charge in [0.1, 0.15) is 6.29 Å². The minimum Gasteiger partial charge on any atom is -0.493 e. The van der Waals surface area contributed by atoms with Gasteiger partial charge in [-0.15, -0.1) is 0 Å². The normalized spacial score (nSPS) is 10.2. The maximum Gasteiger partial charge on any atom is 0.262 e. The minimum absolute atomic E-state index is 0.175. The molecule has 0 fully saturated rings. The summed E-state index contributed by atoms with van der Waals surface area (Å²) >= 11 is 0. The van der Waals surface area contributed by atoms with E-state index in [-0.39, 0.29) is 12.5 Å². The SMILES string of the molecule is COc1ccc(C=O)cc1OCC(=O)Nc1c(C)cc(C)cc1C. The van der Waals surface area contributed by atoms with Gasteiger partial charge >= 0.3 is 0 Å². The Labute approximate surface area is 141 Å². The number of anilines is 1. The highest BCUT2D eigenvalue weighted by molar-refractivity contribution is 5.93. The Kier molecular flexibility index (Phi) is 5.58. The van der Waals surface area contributed by atoms with Gasteiger partial charge in [-0.25, -0.2) is 0 Å². The Balaban J connectivity index is 2.08. The zero-order valence-corrected chi connectivity index (χ0v) is 14.3. The van der Waals surface area contributed by atoms with Gasteiger partial charge in [-0.2, -0.15) is 0 Å². The highest BCUT2D eigenvalue weighted by atomic mass is 16.5. The molecule has 0 radical (unpaired) electrons. The van der Waals surface area contributed by atoms with Gasteiger partial charge in [0.05, 0.1) is 7.11 Å². The second-order valence-corrected chi connectivity index (χ2v) is 5.64. The Morgan fingerprint density at radius 3 is 2.33 bits per heavy atom. The number of aldehydes is 1. The Bertz CT molecular complexity index is 745. The van der Waals surface area contributed by atoms with Crippen molar-refractivity contribution in [3.8, 4) is 11.5 Å². The molecule has 0 spiro atoms. The van der Waals surface area contributed by atoms with Crippen LogP contribution < -0.4 is 14.8 Å². The van der Waals surface area contributed by atoms with Crippen molar-refractivity contribution in [3.05, 3.63) is 52.6 Å². The first-order valence-electron chi connectivity index (χ1n) is 7.58. The molecule has 2 rings (SSSR count). The van der Waals surface area contributed by atoms with Crippen molar-refractivity contribution in [2.24, 2.45) is 0 Å². The van der Waals surface area contributed by atoms with E-state index in [1.807, 2.05) is 32.9 Å². The lowest BCUT2D eigenvalue weighted by Gasteiger charge is -2.14. The lowest BCUT2D eigenvalue weighted by atomic mass is 10.1. The predicted molar refractivity (Wildman–Crippen MR) is 93.2 cm³/mol. The third-order valence-corrected chi connectivity index (χ3v) is 3.62. The molecule has 5 nitrogen and oxygen atoms in total. The lowest BCUT2D eigenvalue weighted by molar-refractivity contribution is -0.118. The summed E-state index contributed by atoms with van der Waals surface area (Å²) in [7, 11) is 1.50. The molecule has 0 aliphatic rings. The van der Waals surface area contributed by atoms with Gasteiger partial charge in [-0.1, -0.05) is 17.7 Å². The van der Waals surface area contributed by atoms with E-state index in [4.69, 9.17) is 9.47 Å². The van der Waals surface area contributed by atoms with Crippen LogP contribution in [0.1, 0.15) is 27.0 Å². The van der Waals surface area contributed by atoms with E-state index in [9.17, 15) is 9.59 Å². The monoisotopic (exact) mass is 327 g/mol. The van der Waals surface area contributed by atoms with Crippen molar-refractivity contribution in [1.29, 1.82) is 0 Å². The van der Waals surface area contributed by atoms with Crippen LogP contribution in [0.15, 0.2) is 30.3 Å². The quantitative estimate of drug-likeness (QED) is 0.825. The van der Waals surface area contributed by atoms with Crippen molar-refractivity contribution in [3.63, 3.8) is 0 Å². The highest BCUT2D eigenvalue weighted by Gasteiger charge is 2.11. The van der Waals surface area contributed by atoms with Crippen LogP contribution >= 0.6 is 0 Å². The zero-order valence-electron chi connectivity index (χ0n) is 14.3. The number of carbonyl (C=O) groups is 2. The first kappa shape index (κ1) is 17.5. The molecule has 0 bridgehead atoms. The fourth-order valence-corrected chi connectivity index (χ4v) is 2.58. The van der Waals surface area contributed by atoms with Crippen LogP contribution in [0.3, 0.4) is 0 Å². The topological polar surface area (TPSA) is 64.6 Å². The van der Waals surface area contributed by atoms with E-state index in [1.165, 1.54) is 7.11 Å². The second-order valence-electron chi connectivity index (χ2n) is 5.64. The van der Waals surface area contributed by atoms with Crippen LogP contribution in [-0.4, -0.2) is 25.9 Å². The molecule has 126 valence electrons. The van der Waals surface area contributed by atoms with Gasteiger partial charge in [0.2, 0.25) is 0 Å². The first-order valence-corrected chi connectivity index (χ1v) is 7.58. The number of amides is 1. The van der Waals surface area contributed by atoms with Crippen LogP contribution in [-0.2, 0) is 4.79 Å². The number of methoxy groups -OCH3 is 1. The summed E-state index contributed by atoms with van der Waals surface area (Å²) < 4.78 is 10.7. The average molecular weight is 327 g/mol. The Morgan fingerprint density at radius 1 is 1.08 bits per heavy atom. The largest absolute Gasteiger partial charge is 0.493 e. The molecule has 0 heterocycles. The third kappa shape index (κ3) is 4.13. The van der Waals surface area contributed by atoms with Crippen LogP contribution in [0.25, 0.3) is 0 Å².